The van der Waals surface area contributed by atoms with E-state index in [1.807, 2.05) is 78.9 Å². The molecule has 3 aromatic carbocycles. The number of para-hydroxylation sites is 2. The van der Waals surface area contributed by atoms with Gasteiger partial charge in [0.25, 0.3) is 0 Å². The highest BCUT2D eigenvalue weighted by molar-refractivity contribution is 7.21. The third-order valence-electron chi connectivity index (χ3n) is 3.93. The zero-order chi connectivity index (χ0) is 19.2. The number of methoxy groups -OCH3 is 1. The summed E-state index contributed by atoms with van der Waals surface area (Å²) >= 11 is 1.49. The Balaban J connectivity index is 1.64. The van der Waals surface area contributed by atoms with Gasteiger partial charge in [-0.2, -0.15) is 5.10 Å². The van der Waals surface area contributed by atoms with Crippen molar-refractivity contribution < 1.29 is 4.74 Å². The molecule has 138 valence electrons. The monoisotopic (exact) mass is 387 g/mol. The summed E-state index contributed by atoms with van der Waals surface area (Å²) in [7, 11) is 1.63. The van der Waals surface area contributed by atoms with Crippen LogP contribution < -0.4 is 10.2 Å². The van der Waals surface area contributed by atoms with Gasteiger partial charge in [-0.15, -0.1) is 10.2 Å². The average Bonchev–Trinajstić information content (AvgIpc) is 3.18. The summed E-state index contributed by atoms with van der Waals surface area (Å²) < 4.78 is 6.29. The van der Waals surface area contributed by atoms with Gasteiger partial charge < -0.3 is 4.74 Å². The standard InChI is InChI=1S/C21H17N5OS/c1-27-17-13-11-15(12-14-17)20(24-23-16-7-3-2-4-8-16)25-26-21-22-18-9-5-6-10-19(18)28-21/h2-14,23H,1H3/b24-20+,26-25?. The van der Waals surface area contributed by atoms with E-state index in [9.17, 15) is 0 Å². The number of ether oxygens (including phenoxy) is 1. The van der Waals surface area contributed by atoms with E-state index >= 15 is 0 Å². The minimum Gasteiger partial charge on any atom is -0.497 e. The smallest absolute Gasteiger partial charge is 0.231 e. The van der Waals surface area contributed by atoms with E-state index in [0.29, 0.717) is 11.0 Å². The highest BCUT2D eigenvalue weighted by Crippen LogP contribution is 2.28. The van der Waals surface area contributed by atoms with Gasteiger partial charge in [0.05, 0.1) is 23.0 Å². The summed E-state index contributed by atoms with van der Waals surface area (Å²) in [6.07, 6.45) is 0. The molecule has 0 aliphatic carbocycles. The Morgan fingerprint density at radius 1 is 0.929 bits per heavy atom. The molecule has 4 aromatic rings. The second kappa shape index (κ2) is 8.41. The molecule has 0 unspecified atom stereocenters. The van der Waals surface area contributed by atoms with E-state index < -0.39 is 0 Å². The summed E-state index contributed by atoms with van der Waals surface area (Å²) in [5.74, 6) is 1.22. The third-order valence-corrected chi connectivity index (χ3v) is 4.85. The Hall–Kier alpha value is -3.58. The lowest BCUT2D eigenvalue weighted by Crippen LogP contribution is -2.01. The molecule has 7 heteroatoms. The highest BCUT2D eigenvalue weighted by atomic mass is 32.1. The molecular weight excluding hydrogens is 370 g/mol. The molecule has 0 saturated carbocycles. The van der Waals surface area contributed by atoms with Crippen LogP contribution in [0.1, 0.15) is 5.56 Å². The van der Waals surface area contributed by atoms with E-state index in [1.165, 1.54) is 11.3 Å². The predicted molar refractivity (Wildman–Crippen MR) is 114 cm³/mol. The number of aromatic nitrogens is 1. The number of anilines is 1. The van der Waals surface area contributed by atoms with Gasteiger partial charge in [-0.05, 0) is 48.5 Å². The first kappa shape index (κ1) is 17.8. The van der Waals surface area contributed by atoms with Crippen molar-refractivity contribution in [3.63, 3.8) is 0 Å². The van der Waals surface area contributed by atoms with E-state index in [0.717, 1.165) is 27.2 Å². The number of rotatable bonds is 5. The Kier molecular flexibility index (Phi) is 5.35. The number of fused-ring (bicyclic) bond motifs is 1. The van der Waals surface area contributed by atoms with E-state index in [-0.39, 0.29) is 0 Å². The first-order valence-corrected chi connectivity index (χ1v) is 9.44. The lowest BCUT2D eigenvalue weighted by molar-refractivity contribution is 0.415. The Morgan fingerprint density at radius 3 is 2.43 bits per heavy atom. The van der Waals surface area contributed by atoms with Crippen LogP contribution in [0.15, 0.2) is 94.2 Å². The maximum Gasteiger partial charge on any atom is 0.231 e. The van der Waals surface area contributed by atoms with E-state index in [1.54, 1.807) is 7.11 Å². The number of nitrogens with one attached hydrogen (secondary N) is 1. The third kappa shape index (κ3) is 4.21. The van der Waals surface area contributed by atoms with Crippen molar-refractivity contribution in [2.24, 2.45) is 15.3 Å². The normalized spacial score (nSPS) is 11.8. The van der Waals surface area contributed by atoms with Gasteiger partial charge in [0, 0.05) is 5.56 Å². The summed E-state index contributed by atoms with van der Waals surface area (Å²) in [5, 5.41) is 13.7. The molecule has 4 rings (SSSR count). The molecule has 0 aliphatic rings. The SMILES string of the molecule is COc1ccc(/C(N=Nc2nc3ccccc3s2)=N\Nc2ccccc2)cc1. The van der Waals surface area contributed by atoms with E-state index in [4.69, 9.17) is 4.74 Å². The van der Waals surface area contributed by atoms with Crippen LogP contribution in [-0.2, 0) is 0 Å². The van der Waals surface area contributed by atoms with Crippen molar-refractivity contribution in [2.75, 3.05) is 12.5 Å². The summed E-state index contributed by atoms with van der Waals surface area (Å²) in [6, 6.07) is 25.1. The number of amidine groups is 1. The molecule has 0 fully saturated rings. The predicted octanol–water partition coefficient (Wildman–Crippen LogP) is 5.86. The molecule has 6 nitrogen and oxygen atoms in total. The second-order valence-corrected chi connectivity index (χ2v) is 6.82. The van der Waals surface area contributed by atoms with Crippen LogP contribution in [0.4, 0.5) is 10.8 Å². The number of thiazole rings is 1. The van der Waals surface area contributed by atoms with Gasteiger partial charge >= 0.3 is 0 Å². The fraction of sp³-hybridized carbons (Fsp3) is 0.0476. The number of hydrogen-bond acceptors (Lipinski definition) is 6. The van der Waals surface area contributed by atoms with Crippen molar-refractivity contribution >= 4 is 38.2 Å². The van der Waals surface area contributed by atoms with Crippen molar-refractivity contribution in [3.8, 4) is 5.75 Å². The van der Waals surface area contributed by atoms with Gasteiger partial charge in [0.2, 0.25) is 11.0 Å². The number of hydrazone groups is 1. The van der Waals surface area contributed by atoms with Crippen LogP contribution in [0.25, 0.3) is 10.2 Å². The molecule has 0 aliphatic heterocycles. The first-order chi connectivity index (χ1) is 13.8. The maximum absolute atomic E-state index is 5.22. The molecule has 0 saturated heterocycles. The molecule has 1 N–H and O–H groups in total. The topological polar surface area (TPSA) is 71.2 Å². The fourth-order valence-electron chi connectivity index (χ4n) is 2.51. The number of azo groups is 1. The highest BCUT2D eigenvalue weighted by Gasteiger charge is 2.06. The summed E-state index contributed by atoms with van der Waals surface area (Å²) in [4.78, 5) is 4.49. The Bertz CT molecular complexity index is 1090. The molecule has 0 radical (unpaired) electrons. The van der Waals surface area contributed by atoms with Gasteiger partial charge in [0.15, 0.2) is 0 Å². The van der Waals surface area contributed by atoms with Crippen LogP contribution >= 0.6 is 11.3 Å². The van der Waals surface area contributed by atoms with Crippen LogP contribution in [0.5, 0.6) is 5.75 Å². The first-order valence-electron chi connectivity index (χ1n) is 8.62. The van der Waals surface area contributed by atoms with Gasteiger partial charge in [0.1, 0.15) is 5.75 Å². The number of nitrogens with zero attached hydrogens (tertiary/aromatic N) is 4. The molecule has 0 atom stereocenters. The largest absolute Gasteiger partial charge is 0.497 e. The zero-order valence-corrected chi connectivity index (χ0v) is 15.9. The van der Waals surface area contributed by atoms with Crippen molar-refractivity contribution in [1.29, 1.82) is 0 Å². The maximum atomic E-state index is 5.22. The molecule has 0 bridgehead atoms. The lowest BCUT2D eigenvalue weighted by Gasteiger charge is -2.04. The van der Waals surface area contributed by atoms with Crippen LogP contribution in [0, 0.1) is 0 Å². The van der Waals surface area contributed by atoms with Crippen molar-refractivity contribution in [2.45, 2.75) is 0 Å². The molecular formula is C21H17N5OS. The van der Waals surface area contributed by atoms with Crippen LogP contribution in [0.2, 0.25) is 0 Å². The summed E-state index contributed by atoms with van der Waals surface area (Å²) in [5.41, 5.74) is 5.61. The number of hydrogen-bond donors (Lipinski definition) is 1. The Morgan fingerprint density at radius 2 is 1.68 bits per heavy atom. The Labute approximate surface area is 166 Å². The van der Waals surface area contributed by atoms with Crippen LogP contribution in [0.3, 0.4) is 0 Å². The average molecular weight is 387 g/mol. The van der Waals surface area contributed by atoms with Crippen LogP contribution in [-0.4, -0.2) is 17.9 Å². The second-order valence-electron chi connectivity index (χ2n) is 5.81. The molecule has 0 amide bonds. The quantitative estimate of drug-likeness (QED) is 0.202. The summed E-state index contributed by atoms with van der Waals surface area (Å²) in [6.45, 7) is 0. The molecule has 28 heavy (non-hydrogen) atoms. The van der Waals surface area contributed by atoms with Crippen molar-refractivity contribution in [1.82, 2.24) is 4.98 Å². The minimum atomic E-state index is 0.450. The molecule has 1 heterocycles. The van der Waals surface area contributed by atoms with Crippen molar-refractivity contribution in [3.05, 3.63) is 84.4 Å². The van der Waals surface area contributed by atoms with Gasteiger partial charge in [-0.1, -0.05) is 41.7 Å². The van der Waals surface area contributed by atoms with E-state index in [2.05, 4.69) is 25.7 Å². The zero-order valence-electron chi connectivity index (χ0n) is 15.1. The van der Waals surface area contributed by atoms with Gasteiger partial charge in [-0.25, -0.2) is 4.98 Å². The minimum absolute atomic E-state index is 0.450. The molecule has 0 spiro atoms. The molecule has 1 aromatic heterocycles. The van der Waals surface area contributed by atoms with Gasteiger partial charge in [-0.3, -0.25) is 5.43 Å². The lowest BCUT2D eigenvalue weighted by atomic mass is 10.2. The number of benzene rings is 3. The fourth-order valence-corrected chi connectivity index (χ4v) is 3.30.